The van der Waals surface area contributed by atoms with Crippen LogP contribution in [0.25, 0.3) is 0 Å². The molecule has 2 rings (SSSR count). The fraction of sp³-hybridized carbons (Fsp3) is 0.316. The summed E-state index contributed by atoms with van der Waals surface area (Å²) in [6.07, 6.45) is 0.0414. The Morgan fingerprint density at radius 1 is 1.17 bits per heavy atom. The number of aryl methyl sites for hydroxylation is 1. The van der Waals surface area contributed by atoms with Crippen molar-refractivity contribution in [2.75, 3.05) is 7.11 Å². The van der Waals surface area contributed by atoms with Gasteiger partial charge in [0.25, 0.3) is 5.91 Å². The second-order valence-electron chi connectivity index (χ2n) is 5.49. The number of benzene rings is 2. The monoisotopic (exact) mass is 347 g/mol. The van der Waals surface area contributed by atoms with Crippen molar-refractivity contribution in [3.63, 3.8) is 0 Å². The van der Waals surface area contributed by atoms with Crippen LogP contribution in [0.4, 0.5) is 0 Å². The molecule has 2 aromatic carbocycles. The van der Waals surface area contributed by atoms with Gasteiger partial charge in [-0.2, -0.15) is 0 Å². The summed E-state index contributed by atoms with van der Waals surface area (Å²) in [5, 5.41) is 3.58. The zero-order chi connectivity index (χ0) is 17.5. The molecule has 4 nitrogen and oxygen atoms in total. The van der Waals surface area contributed by atoms with E-state index in [1.54, 1.807) is 19.2 Å². The van der Waals surface area contributed by atoms with Gasteiger partial charge < -0.3 is 14.8 Å². The molecule has 0 bridgehead atoms. The van der Waals surface area contributed by atoms with E-state index in [4.69, 9.17) is 21.1 Å². The van der Waals surface area contributed by atoms with Gasteiger partial charge in [0, 0.05) is 11.6 Å². The molecule has 0 heterocycles. The molecule has 2 aromatic rings. The first kappa shape index (κ1) is 18.1. The van der Waals surface area contributed by atoms with Crippen LogP contribution >= 0.6 is 11.6 Å². The smallest absolute Gasteiger partial charge is 0.261 e. The molecule has 0 spiro atoms. The van der Waals surface area contributed by atoms with Crippen LogP contribution in [0.3, 0.4) is 0 Å². The summed E-state index contributed by atoms with van der Waals surface area (Å²) in [6, 6.07) is 13.0. The summed E-state index contributed by atoms with van der Waals surface area (Å²) in [6.45, 7) is 4.27. The molecule has 0 aliphatic carbocycles. The van der Waals surface area contributed by atoms with E-state index in [9.17, 15) is 4.79 Å². The highest BCUT2D eigenvalue weighted by molar-refractivity contribution is 6.31. The predicted octanol–water partition coefficient (Wildman–Crippen LogP) is 4.13. The minimum Gasteiger partial charge on any atom is -0.497 e. The molecule has 0 aliphatic rings. The fourth-order valence-electron chi connectivity index (χ4n) is 2.22. The number of methoxy groups -OCH3 is 1. The number of halogens is 1. The highest BCUT2D eigenvalue weighted by atomic mass is 35.5. The average Bonchev–Trinajstić information content (AvgIpc) is 2.61. The maximum atomic E-state index is 12.3. The Balaban J connectivity index is 1.93. The molecule has 0 saturated heterocycles. The van der Waals surface area contributed by atoms with Gasteiger partial charge in [-0.3, -0.25) is 4.79 Å². The SMILES string of the molecule is CC[C@H](Oc1ccc(Cl)c(C)c1)C(=O)NCc1ccc(OC)cc1. The summed E-state index contributed by atoms with van der Waals surface area (Å²) < 4.78 is 10.9. The minimum absolute atomic E-state index is 0.138. The number of hydrogen-bond donors (Lipinski definition) is 1. The maximum Gasteiger partial charge on any atom is 0.261 e. The van der Waals surface area contributed by atoms with Crippen LogP contribution in [0.2, 0.25) is 5.02 Å². The van der Waals surface area contributed by atoms with Crippen molar-refractivity contribution < 1.29 is 14.3 Å². The lowest BCUT2D eigenvalue weighted by atomic mass is 10.2. The van der Waals surface area contributed by atoms with Crippen LogP contribution < -0.4 is 14.8 Å². The first-order chi connectivity index (χ1) is 11.5. The molecule has 5 heteroatoms. The lowest BCUT2D eigenvalue weighted by Gasteiger charge is -2.18. The standard InChI is InChI=1S/C19H22ClNO3/c1-4-18(24-16-9-10-17(20)13(2)11-16)19(22)21-12-14-5-7-15(23-3)8-6-14/h5-11,18H,4,12H2,1-3H3,(H,21,22)/t18-/m0/s1. The summed E-state index contributed by atoms with van der Waals surface area (Å²) in [5.41, 5.74) is 1.92. The summed E-state index contributed by atoms with van der Waals surface area (Å²) in [7, 11) is 1.62. The van der Waals surface area contributed by atoms with E-state index in [0.29, 0.717) is 23.7 Å². The Morgan fingerprint density at radius 3 is 2.42 bits per heavy atom. The third-order valence-electron chi connectivity index (χ3n) is 3.70. The van der Waals surface area contributed by atoms with E-state index < -0.39 is 6.10 Å². The highest BCUT2D eigenvalue weighted by Crippen LogP contribution is 2.22. The maximum absolute atomic E-state index is 12.3. The average molecular weight is 348 g/mol. The van der Waals surface area contributed by atoms with Gasteiger partial charge >= 0.3 is 0 Å². The Morgan fingerprint density at radius 2 is 1.83 bits per heavy atom. The van der Waals surface area contributed by atoms with Crippen LogP contribution in [0, 0.1) is 6.92 Å². The molecule has 0 fully saturated rings. The van der Waals surface area contributed by atoms with Gasteiger partial charge in [-0.25, -0.2) is 0 Å². The third kappa shape index (κ3) is 4.90. The molecule has 0 saturated carbocycles. The van der Waals surface area contributed by atoms with Crippen LogP contribution in [-0.2, 0) is 11.3 Å². The third-order valence-corrected chi connectivity index (χ3v) is 4.12. The molecule has 0 aliphatic heterocycles. The Labute approximate surface area is 147 Å². The van der Waals surface area contributed by atoms with E-state index in [2.05, 4.69) is 5.32 Å². The number of rotatable bonds is 7. The Kier molecular flexibility index (Phi) is 6.50. The summed E-state index contributed by atoms with van der Waals surface area (Å²) in [5.74, 6) is 1.29. The van der Waals surface area contributed by atoms with Crippen molar-refractivity contribution in [1.82, 2.24) is 5.32 Å². The molecule has 24 heavy (non-hydrogen) atoms. The van der Waals surface area contributed by atoms with Crippen LogP contribution in [-0.4, -0.2) is 19.1 Å². The van der Waals surface area contributed by atoms with E-state index in [1.807, 2.05) is 44.2 Å². The van der Waals surface area contributed by atoms with Gasteiger partial charge in [0.15, 0.2) is 6.10 Å². The first-order valence-corrected chi connectivity index (χ1v) is 8.24. The zero-order valence-electron chi connectivity index (χ0n) is 14.1. The van der Waals surface area contributed by atoms with Crippen molar-refractivity contribution in [2.45, 2.75) is 32.9 Å². The number of ether oxygens (including phenoxy) is 2. The van der Waals surface area contributed by atoms with Gasteiger partial charge in [-0.05, 0) is 54.8 Å². The molecule has 128 valence electrons. The summed E-state index contributed by atoms with van der Waals surface area (Å²) >= 11 is 6.01. The molecule has 0 unspecified atom stereocenters. The van der Waals surface area contributed by atoms with Gasteiger partial charge in [0.05, 0.1) is 7.11 Å². The van der Waals surface area contributed by atoms with Crippen molar-refractivity contribution >= 4 is 17.5 Å². The van der Waals surface area contributed by atoms with Gasteiger partial charge in [-0.1, -0.05) is 30.7 Å². The van der Waals surface area contributed by atoms with Crippen LogP contribution in [0.5, 0.6) is 11.5 Å². The lowest BCUT2D eigenvalue weighted by Crippen LogP contribution is -2.37. The van der Waals surface area contributed by atoms with Crippen molar-refractivity contribution in [1.29, 1.82) is 0 Å². The first-order valence-electron chi connectivity index (χ1n) is 7.87. The molecular weight excluding hydrogens is 326 g/mol. The number of hydrogen-bond acceptors (Lipinski definition) is 3. The van der Waals surface area contributed by atoms with Crippen molar-refractivity contribution in [3.8, 4) is 11.5 Å². The van der Waals surface area contributed by atoms with E-state index in [1.165, 1.54) is 0 Å². The van der Waals surface area contributed by atoms with Gasteiger partial charge in [0.1, 0.15) is 11.5 Å². The molecule has 1 atom stereocenters. The fourth-order valence-corrected chi connectivity index (χ4v) is 2.34. The summed E-state index contributed by atoms with van der Waals surface area (Å²) in [4.78, 5) is 12.3. The van der Waals surface area contributed by atoms with Gasteiger partial charge in [0.2, 0.25) is 0 Å². The predicted molar refractivity (Wildman–Crippen MR) is 95.7 cm³/mol. The zero-order valence-corrected chi connectivity index (χ0v) is 14.9. The van der Waals surface area contributed by atoms with Gasteiger partial charge in [-0.15, -0.1) is 0 Å². The van der Waals surface area contributed by atoms with E-state index in [-0.39, 0.29) is 5.91 Å². The molecule has 1 amide bonds. The minimum atomic E-state index is -0.538. The molecule has 0 radical (unpaired) electrons. The molecular formula is C19H22ClNO3. The topological polar surface area (TPSA) is 47.6 Å². The second kappa shape index (κ2) is 8.60. The Hall–Kier alpha value is -2.20. The van der Waals surface area contributed by atoms with E-state index in [0.717, 1.165) is 16.9 Å². The second-order valence-corrected chi connectivity index (χ2v) is 5.90. The number of amides is 1. The number of nitrogens with one attached hydrogen (secondary N) is 1. The van der Waals surface area contributed by atoms with Crippen molar-refractivity contribution in [2.24, 2.45) is 0 Å². The van der Waals surface area contributed by atoms with Crippen LogP contribution in [0.15, 0.2) is 42.5 Å². The largest absolute Gasteiger partial charge is 0.497 e. The number of carbonyl (C=O) groups excluding carboxylic acids is 1. The normalized spacial score (nSPS) is 11.7. The van der Waals surface area contributed by atoms with Crippen LogP contribution in [0.1, 0.15) is 24.5 Å². The number of carbonyl (C=O) groups is 1. The highest BCUT2D eigenvalue weighted by Gasteiger charge is 2.18. The quantitative estimate of drug-likeness (QED) is 0.819. The van der Waals surface area contributed by atoms with Crippen molar-refractivity contribution in [3.05, 3.63) is 58.6 Å². The Bertz CT molecular complexity index is 686. The van der Waals surface area contributed by atoms with E-state index >= 15 is 0 Å². The molecule has 1 N–H and O–H groups in total. The molecule has 0 aromatic heterocycles. The lowest BCUT2D eigenvalue weighted by molar-refractivity contribution is -0.128.